The molecule has 4 nitrogen and oxygen atoms in total. The van der Waals surface area contributed by atoms with E-state index in [-0.39, 0.29) is 29.4 Å². The molecule has 0 spiro atoms. The van der Waals surface area contributed by atoms with Gasteiger partial charge in [-0.05, 0) is 61.6 Å². The van der Waals surface area contributed by atoms with Crippen LogP contribution in [-0.2, 0) is 10.2 Å². The smallest absolute Gasteiger partial charge is 0.193 e. The summed E-state index contributed by atoms with van der Waals surface area (Å²) in [6.07, 6.45) is 1.77. The van der Waals surface area contributed by atoms with Crippen molar-refractivity contribution in [3.8, 4) is 0 Å². The number of anilines is 1. The number of rotatable bonds is 4. The first-order valence-electron chi connectivity index (χ1n) is 8.96. The fourth-order valence-corrected chi connectivity index (χ4v) is 3.97. The van der Waals surface area contributed by atoms with Crippen molar-refractivity contribution in [2.24, 2.45) is 10.7 Å². The summed E-state index contributed by atoms with van der Waals surface area (Å²) < 4.78 is 5.58. The van der Waals surface area contributed by atoms with Crippen LogP contribution in [-0.4, -0.2) is 25.7 Å². The highest BCUT2D eigenvalue weighted by molar-refractivity contribution is 14.0. The number of aryl methyl sites for hydroxylation is 2. The van der Waals surface area contributed by atoms with Gasteiger partial charge in [-0.1, -0.05) is 35.9 Å². The van der Waals surface area contributed by atoms with E-state index < -0.39 is 0 Å². The molecular formula is C21H27ClIN3O. The summed E-state index contributed by atoms with van der Waals surface area (Å²) in [6, 6.07) is 14.3. The van der Waals surface area contributed by atoms with Gasteiger partial charge < -0.3 is 15.8 Å². The zero-order valence-electron chi connectivity index (χ0n) is 15.8. The average Bonchev–Trinajstić information content (AvgIpc) is 2.60. The molecule has 0 amide bonds. The van der Waals surface area contributed by atoms with Crippen molar-refractivity contribution < 1.29 is 4.74 Å². The minimum absolute atomic E-state index is 0. The highest BCUT2D eigenvalue weighted by Crippen LogP contribution is 2.38. The molecule has 0 aliphatic carbocycles. The van der Waals surface area contributed by atoms with Crippen molar-refractivity contribution in [3.63, 3.8) is 0 Å². The number of benzene rings is 2. The van der Waals surface area contributed by atoms with Gasteiger partial charge in [0.25, 0.3) is 0 Å². The summed E-state index contributed by atoms with van der Waals surface area (Å²) in [5, 5.41) is 3.99. The van der Waals surface area contributed by atoms with E-state index in [0.29, 0.717) is 25.7 Å². The lowest BCUT2D eigenvalue weighted by Crippen LogP contribution is -2.38. The number of guanidine groups is 1. The van der Waals surface area contributed by atoms with Gasteiger partial charge in [-0.2, -0.15) is 0 Å². The third-order valence-electron chi connectivity index (χ3n) is 4.94. The van der Waals surface area contributed by atoms with Crippen molar-refractivity contribution in [3.05, 3.63) is 64.2 Å². The van der Waals surface area contributed by atoms with Crippen molar-refractivity contribution in [2.75, 3.05) is 25.1 Å². The Kier molecular flexibility index (Phi) is 7.94. The van der Waals surface area contributed by atoms with E-state index in [1.807, 2.05) is 18.2 Å². The molecule has 0 aromatic heterocycles. The molecular weight excluding hydrogens is 473 g/mol. The first-order chi connectivity index (χ1) is 12.5. The second-order valence-corrected chi connectivity index (χ2v) is 7.48. The van der Waals surface area contributed by atoms with Gasteiger partial charge in [-0.3, -0.25) is 4.99 Å². The normalized spacial score (nSPS) is 16.5. The number of nitrogens with one attached hydrogen (secondary N) is 1. The summed E-state index contributed by atoms with van der Waals surface area (Å²) in [6.45, 7) is 6.15. The van der Waals surface area contributed by atoms with Crippen LogP contribution in [0.1, 0.15) is 29.5 Å². The van der Waals surface area contributed by atoms with Gasteiger partial charge >= 0.3 is 0 Å². The van der Waals surface area contributed by atoms with Crippen LogP contribution in [0.15, 0.2) is 47.5 Å². The van der Waals surface area contributed by atoms with E-state index in [1.54, 1.807) is 0 Å². The molecule has 3 N–H and O–H groups in total. The largest absolute Gasteiger partial charge is 0.381 e. The predicted octanol–water partition coefficient (Wildman–Crippen LogP) is 5.05. The fourth-order valence-electron chi connectivity index (χ4n) is 3.64. The van der Waals surface area contributed by atoms with Gasteiger partial charge in [0.1, 0.15) is 0 Å². The van der Waals surface area contributed by atoms with E-state index in [9.17, 15) is 0 Å². The highest BCUT2D eigenvalue weighted by atomic mass is 127. The number of nitrogens with two attached hydrogens (primary N) is 1. The van der Waals surface area contributed by atoms with E-state index >= 15 is 0 Å². The van der Waals surface area contributed by atoms with Crippen molar-refractivity contribution in [2.45, 2.75) is 32.1 Å². The maximum Gasteiger partial charge on any atom is 0.193 e. The number of aliphatic imine (C=N–C) groups is 1. The topological polar surface area (TPSA) is 59.6 Å². The van der Waals surface area contributed by atoms with Crippen molar-refractivity contribution >= 4 is 47.2 Å². The van der Waals surface area contributed by atoms with Crippen LogP contribution in [0.5, 0.6) is 0 Å². The molecule has 0 radical (unpaired) electrons. The van der Waals surface area contributed by atoms with Crippen LogP contribution in [0.3, 0.4) is 0 Å². The summed E-state index contributed by atoms with van der Waals surface area (Å²) >= 11 is 6.49. The quantitative estimate of drug-likeness (QED) is 0.352. The van der Waals surface area contributed by atoms with Crippen LogP contribution in [0.25, 0.3) is 0 Å². The molecule has 0 unspecified atom stereocenters. The van der Waals surface area contributed by atoms with Gasteiger partial charge in [0.15, 0.2) is 5.96 Å². The average molecular weight is 500 g/mol. The van der Waals surface area contributed by atoms with Gasteiger partial charge in [-0.15, -0.1) is 24.0 Å². The Hall–Kier alpha value is -1.31. The number of ether oxygens (including phenoxy) is 1. The fraction of sp³-hybridized carbons (Fsp3) is 0.381. The molecule has 2 aromatic rings. The third kappa shape index (κ3) is 5.59. The Morgan fingerprint density at radius 3 is 2.41 bits per heavy atom. The third-order valence-corrected chi connectivity index (χ3v) is 5.27. The van der Waals surface area contributed by atoms with E-state index in [2.05, 4.69) is 48.4 Å². The minimum atomic E-state index is -0.134. The van der Waals surface area contributed by atoms with Crippen LogP contribution < -0.4 is 11.1 Å². The van der Waals surface area contributed by atoms with Gasteiger partial charge in [0.2, 0.25) is 0 Å². The molecule has 1 saturated heterocycles. The lowest BCUT2D eigenvalue weighted by molar-refractivity contribution is 0.0532. The number of nitrogens with zero attached hydrogens (tertiary/aromatic N) is 1. The van der Waals surface area contributed by atoms with Gasteiger partial charge in [-0.25, -0.2) is 0 Å². The molecule has 2 aromatic carbocycles. The summed E-state index contributed by atoms with van der Waals surface area (Å²) in [5.74, 6) is 0.424. The molecule has 0 bridgehead atoms. The zero-order chi connectivity index (χ0) is 18.6. The highest BCUT2D eigenvalue weighted by Gasteiger charge is 2.35. The predicted molar refractivity (Wildman–Crippen MR) is 125 cm³/mol. The molecule has 0 saturated carbocycles. The van der Waals surface area contributed by atoms with Crippen LogP contribution in [0, 0.1) is 13.8 Å². The Bertz CT molecular complexity index is 784. The first kappa shape index (κ1) is 22.0. The maximum absolute atomic E-state index is 6.49. The summed E-state index contributed by atoms with van der Waals surface area (Å²) in [5.41, 5.74) is 10.5. The van der Waals surface area contributed by atoms with E-state index in [4.69, 9.17) is 22.1 Å². The molecule has 146 valence electrons. The van der Waals surface area contributed by atoms with Crippen molar-refractivity contribution in [1.82, 2.24) is 0 Å². The monoisotopic (exact) mass is 499 g/mol. The molecule has 6 heteroatoms. The summed E-state index contributed by atoms with van der Waals surface area (Å²) in [4.78, 5) is 4.66. The summed E-state index contributed by atoms with van der Waals surface area (Å²) in [7, 11) is 0. The van der Waals surface area contributed by atoms with Gasteiger partial charge in [0.05, 0.1) is 6.54 Å². The number of hydrogen-bond acceptors (Lipinski definition) is 2. The van der Waals surface area contributed by atoms with Crippen LogP contribution >= 0.6 is 35.6 Å². The standard InChI is InChI=1S/C21H26ClN3O.HI/c1-15-11-16(2)13-17(12-15)25-20(23)24-14-21(7-9-26-10-8-21)18-5-3-4-6-19(18)22;/h3-6,11-13H,7-10,14H2,1-2H3,(H3,23,24,25);1H. The van der Waals surface area contributed by atoms with Crippen molar-refractivity contribution in [1.29, 1.82) is 0 Å². The zero-order valence-corrected chi connectivity index (χ0v) is 18.9. The number of hydrogen-bond donors (Lipinski definition) is 2. The molecule has 1 heterocycles. The number of halogens is 2. The van der Waals surface area contributed by atoms with Gasteiger partial charge in [0, 0.05) is 29.3 Å². The molecule has 1 aliphatic rings. The maximum atomic E-state index is 6.49. The minimum Gasteiger partial charge on any atom is -0.381 e. The lowest BCUT2D eigenvalue weighted by Gasteiger charge is -2.37. The Morgan fingerprint density at radius 1 is 1.15 bits per heavy atom. The second kappa shape index (κ2) is 9.75. The first-order valence-corrected chi connectivity index (χ1v) is 9.34. The Morgan fingerprint density at radius 2 is 1.78 bits per heavy atom. The van der Waals surface area contributed by atoms with Crippen LogP contribution in [0.2, 0.25) is 5.02 Å². The second-order valence-electron chi connectivity index (χ2n) is 7.08. The SMILES string of the molecule is Cc1cc(C)cc(NC(N)=NCC2(c3ccccc3Cl)CCOCC2)c1.I. The molecule has 3 rings (SSSR count). The molecule has 1 aliphatic heterocycles. The molecule has 27 heavy (non-hydrogen) atoms. The Labute approximate surface area is 183 Å². The van der Waals surface area contributed by atoms with Crippen LogP contribution in [0.4, 0.5) is 5.69 Å². The van der Waals surface area contributed by atoms with E-state index in [0.717, 1.165) is 29.1 Å². The van der Waals surface area contributed by atoms with E-state index in [1.165, 1.54) is 11.1 Å². The molecule has 1 fully saturated rings. The Balaban J connectivity index is 0.00000261. The molecule has 0 atom stereocenters. The lowest BCUT2D eigenvalue weighted by atomic mass is 9.74.